The van der Waals surface area contributed by atoms with Gasteiger partial charge in [-0.25, -0.2) is 0 Å². The van der Waals surface area contributed by atoms with E-state index in [-0.39, 0.29) is 5.75 Å². The summed E-state index contributed by atoms with van der Waals surface area (Å²) in [5.74, 6) is 0.206. The van der Waals surface area contributed by atoms with Crippen LogP contribution in [0, 0.1) is 0 Å². The first kappa shape index (κ1) is 9.18. The molecule has 2 rings (SSSR count). The van der Waals surface area contributed by atoms with Gasteiger partial charge in [-0.2, -0.15) is 0 Å². The average molecular weight is 206 g/mol. The van der Waals surface area contributed by atoms with Crippen LogP contribution >= 0.6 is 11.3 Å². The number of rotatable bonds is 2. The maximum atomic E-state index is 9.56. The molecule has 2 heterocycles. The molecular weight excluding hydrogens is 196 g/mol. The molecule has 4 heteroatoms. The summed E-state index contributed by atoms with van der Waals surface area (Å²) in [6.07, 6.45) is 1.66. The lowest BCUT2D eigenvalue weighted by atomic mass is 10.3. The number of hydrogen-bond acceptors (Lipinski definition) is 4. The fourth-order valence-corrected chi connectivity index (χ4v) is 2.09. The summed E-state index contributed by atoms with van der Waals surface area (Å²) in [7, 11) is 0. The summed E-state index contributed by atoms with van der Waals surface area (Å²) in [5.41, 5.74) is 6.13. The van der Waals surface area contributed by atoms with Crippen LogP contribution in [0.3, 0.4) is 0 Å². The van der Waals surface area contributed by atoms with Gasteiger partial charge in [-0.1, -0.05) is 0 Å². The molecule has 2 aromatic heterocycles. The molecule has 0 bridgehead atoms. The third-order valence-corrected chi connectivity index (χ3v) is 3.00. The van der Waals surface area contributed by atoms with Crippen molar-refractivity contribution in [1.29, 1.82) is 0 Å². The van der Waals surface area contributed by atoms with Crippen LogP contribution in [-0.2, 0) is 6.54 Å². The van der Waals surface area contributed by atoms with Gasteiger partial charge in [0.1, 0.15) is 11.4 Å². The Morgan fingerprint density at radius 1 is 1.36 bits per heavy atom. The van der Waals surface area contributed by atoms with Gasteiger partial charge in [0.2, 0.25) is 0 Å². The van der Waals surface area contributed by atoms with E-state index in [1.807, 2.05) is 12.1 Å². The third kappa shape index (κ3) is 1.62. The van der Waals surface area contributed by atoms with Gasteiger partial charge >= 0.3 is 0 Å². The minimum Gasteiger partial charge on any atom is -0.506 e. The summed E-state index contributed by atoms with van der Waals surface area (Å²) in [6, 6.07) is 7.21. The first-order valence-electron chi connectivity index (χ1n) is 4.24. The SMILES string of the molecule is NCc1ccc(-c2ncccc2O)s1. The van der Waals surface area contributed by atoms with Crippen molar-refractivity contribution in [2.75, 3.05) is 0 Å². The van der Waals surface area contributed by atoms with Crippen molar-refractivity contribution in [3.63, 3.8) is 0 Å². The van der Waals surface area contributed by atoms with Gasteiger partial charge in [0, 0.05) is 17.6 Å². The van der Waals surface area contributed by atoms with Gasteiger partial charge in [-0.3, -0.25) is 4.98 Å². The first-order valence-corrected chi connectivity index (χ1v) is 5.06. The van der Waals surface area contributed by atoms with Gasteiger partial charge in [-0.15, -0.1) is 11.3 Å². The predicted molar refractivity (Wildman–Crippen MR) is 57.1 cm³/mol. The molecule has 0 spiro atoms. The highest BCUT2D eigenvalue weighted by atomic mass is 32.1. The summed E-state index contributed by atoms with van der Waals surface area (Å²) < 4.78 is 0. The molecule has 0 aliphatic rings. The number of aromatic hydroxyl groups is 1. The maximum absolute atomic E-state index is 9.56. The number of thiophene rings is 1. The number of pyridine rings is 1. The fraction of sp³-hybridized carbons (Fsp3) is 0.100. The van der Waals surface area contributed by atoms with Crippen molar-refractivity contribution in [3.8, 4) is 16.3 Å². The molecule has 72 valence electrons. The largest absolute Gasteiger partial charge is 0.506 e. The van der Waals surface area contributed by atoms with Crippen LogP contribution < -0.4 is 5.73 Å². The van der Waals surface area contributed by atoms with E-state index in [9.17, 15) is 5.11 Å². The van der Waals surface area contributed by atoms with E-state index in [1.165, 1.54) is 0 Å². The van der Waals surface area contributed by atoms with Crippen molar-refractivity contribution in [3.05, 3.63) is 35.3 Å². The Balaban J connectivity index is 2.44. The zero-order chi connectivity index (χ0) is 9.97. The molecule has 2 aromatic rings. The van der Waals surface area contributed by atoms with Gasteiger partial charge in [0.05, 0.1) is 4.88 Å². The summed E-state index contributed by atoms with van der Waals surface area (Å²) in [5, 5.41) is 9.56. The van der Waals surface area contributed by atoms with E-state index < -0.39 is 0 Å². The molecule has 0 aromatic carbocycles. The maximum Gasteiger partial charge on any atom is 0.142 e. The van der Waals surface area contributed by atoms with Crippen LogP contribution in [0.5, 0.6) is 5.75 Å². The number of hydrogen-bond donors (Lipinski definition) is 2. The lowest BCUT2D eigenvalue weighted by Gasteiger charge is -1.98. The monoisotopic (exact) mass is 206 g/mol. The Morgan fingerprint density at radius 3 is 2.86 bits per heavy atom. The standard InChI is InChI=1S/C10H10N2OS/c11-6-7-3-4-9(14-7)10-8(13)2-1-5-12-10/h1-5,13H,6,11H2. The highest BCUT2D eigenvalue weighted by Crippen LogP contribution is 2.31. The van der Waals surface area contributed by atoms with Gasteiger partial charge in [0.25, 0.3) is 0 Å². The lowest BCUT2D eigenvalue weighted by molar-refractivity contribution is 0.475. The number of nitrogens with zero attached hydrogens (tertiary/aromatic N) is 1. The summed E-state index contributed by atoms with van der Waals surface area (Å²) in [4.78, 5) is 6.15. The van der Waals surface area contributed by atoms with Crippen LogP contribution in [0.15, 0.2) is 30.5 Å². The molecule has 0 saturated carbocycles. The van der Waals surface area contributed by atoms with Crippen LogP contribution in [0.4, 0.5) is 0 Å². The van der Waals surface area contributed by atoms with Crippen LogP contribution in [-0.4, -0.2) is 10.1 Å². The molecule has 0 aliphatic heterocycles. The highest BCUT2D eigenvalue weighted by Gasteiger charge is 2.07. The molecule has 0 amide bonds. The van der Waals surface area contributed by atoms with E-state index in [1.54, 1.807) is 29.7 Å². The van der Waals surface area contributed by atoms with E-state index in [4.69, 9.17) is 5.73 Å². The minimum atomic E-state index is 0.206. The molecule has 0 unspecified atom stereocenters. The molecule has 3 N–H and O–H groups in total. The molecule has 0 aliphatic carbocycles. The molecular formula is C10H10N2OS. The van der Waals surface area contributed by atoms with Crippen molar-refractivity contribution in [2.45, 2.75) is 6.54 Å². The Labute approximate surface area is 85.8 Å². The molecule has 0 atom stereocenters. The molecule has 0 radical (unpaired) electrons. The van der Waals surface area contributed by atoms with E-state index in [2.05, 4.69) is 4.98 Å². The fourth-order valence-electron chi connectivity index (χ4n) is 1.20. The van der Waals surface area contributed by atoms with Crippen molar-refractivity contribution < 1.29 is 5.11 Å². The third-order valence-electron chi connectivity index (χ3n) is 1.88. The van der Waals surface area contributed by atoms with Gasteiger partial charge < -0.3 is 10.8 Å². The zero-order valence-electron chi connectivity index (χ0n) is 7.47. The highest BCUT2D eigenvalue weighted by molar-refractivity contribution is 7.15. The van der Waals surface area contributed by atoms with Gasteiger partial charge in [-0.05, 0) is 24.3 Å². The molecule has 0 fully saturated rings. The van der Waals surface area contributed by atoms with E-state index in [0.29, 0.717) is 12.2 Å². The second-order valence-electron chi connectivity index (χ2n) is 2.84. The molecule has 0 saturated heterocycles. The Morgan fingerprint density at radius 2 is 2.21 bits per heavy atom. The lowest BCUT2D eigenvalue weighted by Crippen LogP contribution is -1.91. The Bertz CT molecular complexity index is 439. The number of nitrogens with two attached hydrogens (primary N) is 1. The van der Waals surface area contributed by atoms with Crippen LogP contribution in [0.1, 0.15) is 4.88 Å². The van der Waals surface area contributed by atoms with Crippen molar-refractivity contribution >= 4 is 11.3 Å². The zero-order valence-corrected chi connectivity index (χ0v) is 8.29. The topological polar surface area (TPSA) is 59.1 Å². The Kier molecular flexibility index (Phi) is 2.47. The van der Waals surface area contributed by atoms with Gasteiger partial charge in [0.15, 0.2) is 0 Å². The van der Waals surface area contributed by atoms with Crippen LogP contribution in [0.25, 0.3) is 10.6 Å². The second kappa shape index (κ2) is 3.77. The van der Waals surface area contributed by atoms with Crippen molar-refractivity contribution in [2.24, 2.45) is 5.73 Å². The van der Waals surface area contributed by atoms with E-state index in [0.717, 1.165) is 9.75 Å². The minimum absolute atomic E-state index is 0.206. The second-order valence-corrected chi connectivity index (χ2v) is 4.01. The van der Waals surface area contributed by atoms with E-state index >= 15 is 0 Å². The quantitative estimate of drug-likeness (QED) is 0.789. The van der Waals surface area contributed by atoms with Crippen molar-refractivity contribution in [1.82, 2.24) is 4.98 Å². The normalized spacial score (nSPS) is 10.4. The summed E-state index contributed by atoms with van der Waals surface area (Å²) in [6.45, 7) is 0.526. The first-order chi connectivity index (χ1) is 6.81. The summed E-state index contributed by atoms with van der Waals surface area (Å²) >= 11 is 1.55. The molecule has 3 nitrogen and oxygen atoms in total. The Hall–Kier alpha value is -1.39. The smallest absolute Gasteiger partial charge is 0.142 e. The molecule has 14 heavy (non-hydrogen) atoms. The predicted octanol–water partition coefficient (Wildman–Crippen LogP) is 1.97. The number of aromatic nitrogens is 1. The average Bonchev–Trinajstić information content (AvgIpc) is 2.67. The van der Waals surface area contributed by atoms with Crippen LogP contribution in [0.2, 0.25) is 0 Å².